The van der Waals surface area contributed by atoms with Crippen molar-refractivity contribution < 1.29 is 14.0 Å². The number of aliphatic imine (C=N–C) groups is 1. The molecule has 1 aliphatic heterocycles. The molecule has 1 unspecified atom stereocenters. The van der Waals surface area contributed by atoms with Gasteiger partial charge in [0.25, 0.3) is 0 Å². The molecule has 9 heteroatoms. The molecule has 2 N–H and O–H groups in total. The Bertz CT molecular complexity index is 885. The van der Waals surface area contributed by atoms with Crippen molar-refractivity contribution in [3.8, 4) is 11.5 Å². The fourth-order valence-corrected chi connectivity index (χ4v) is 3.45. The van der Waals surface area contributed by atoms with Crippen LogP contribution in [0.15, 0.2) is 21.6 Å². The van der Waals surface area contributed by atoms with Gasteiger partial charge in [0.2, 0.25) is 5.89 Å². The van der Waals surface area contributed by atoms with E-state index in [0.29, 0.717) is 19.0 Å². The standard InChI is InChI=1S/C23H35N5O3.HI/c1-6-24-23(25-10-8-9-21-27-22(15(3)4)28-31-21)26-14-18-13-20-17(11-16(5)30-20)12-19(18)29-7-2;/h12-13,15-16H,6-11,14H2,1-5H3,(H2,24,25,26);1H. The van der Waals surface area contributed by atoms with Crippen LogP contribution >= 0.6 is 24.0 Å². The lowest BCUT2D eigenvalue weighted by atomic mass is 10.1. The fourth-order valence-electron chi connectivity index (χ4n) is 3.45. The van der Waals surface area contributed by atoms with E-state index in [1.165, 1.54) is 5.56 Å². The smallest absolute Gasteiger partial charge is 0.226 e. The number of halogens is 1. The van der Waals surface area contributed by atoms with Crippen LogP contribution in [0.3, 0.4) is 0 Å². The van der Waals surface area contributed by atoms with Crippen molar-refractivity contribution in [3.05, 3.63) is 35.0 Å². The summed E-state index contributed by atoms with van der Waals surface area (Å²) in [5.74, 6) is 4.32. The summed E-state index contributed by atoms with van der Waals surface area (Å²) in [5, 5.41) is 10.7. The minimum Gasteiger partial charge on any atom is -0.494 e. The Morgan fingerprint density at radius 1 is 1.28 bits per heavy atom. The molecule has 1 aromatic carbocycles. The number of fused-ring (bicyclic) bond motifs is 1. The monoisotopic (exact) mass is 557 g/mol. The van der Waals surface area contributed by atoms with Crippen LogP contribution in [0.1, 0.15) is 69.8 Å². The second-order valence-electron chi connectivity index (χ2n) is 8.06. The Labute approximate surface area is 208 Å². The molecule has 1 atom stereocenters. The predicted octanol–water partition coefficient (Wildman–Crippen LogP) is 4.22. The van der Waals surface area contributed by atoms with Gasteiger partial charge >= 0.3 is 0 Å². The van der Waals surface area contributed by atoms with E-state index in [-0.39, 0.29) is 36.0 Å². The number of hydrogen-bond donors (Lipinski definition) is 2. The molecule has 0 saturated heterocycles. The van der Waals surface area contributed by atoms with Gasteiger partial charge in [-0.3, -0.25) is 0 Å². The third kappa shape index (κ3) is 7.25. The zero-order valence-electron chi connectivity index (χ0n) is 19.7. The molecule has 8 nitrogen and oxygen atoms in total. The predicted molar refractivity (Wildman–Crippen MR) is 136 cm³/mol. The van der Waals surface area contributed by atoms with Gasteiger partial charge in [-0.05, 0) is 39.3 Å². The number of rotatable bonds is 10. The summed E-state index contributed by atoms with van der Waals surface area (Å²) in [6.45, 7) is 12.9. The molecule has 0 spiro atoms. The number of hydrogen-bond acceptors (Lipinski definition) is 6. The molecule has 0 amide bonds. The van der Waals surface area contributed by atoms with Crippen molar-refractivity contribution in [1.82, 2.24) is 20.8 Å². The van der Waals surface area contributed by atoms with Crippen molar-refractivity contribution in [2.24, 2.45) is 4.99 Å². The normalized spacial score (nSPS) is 15.2. The maximum atomic E-state index is 5.92. The first-order valence-electron chi connectivity index (χ1n) is 11.3. The lowest BCUT2D eigenvalue weighted by Crippen LogP contribution is -2.37. The molecular weight excluding hydrogens is 521 g/mol. The first-order chi connectivity index (χ1) is 15.0. The van der Waals surface area contributed by atoms with Crippen LogP contribution in [-0.4, -0.2) is 41.9 Å². The van der Waals surface area contributed by atoms with E-state index >= 15 is 0 Å². The van der Waals surface area contributed by atoms with Gasteiger partial charge in [0.1, 0.15) is 17.6 Å². The number of benzene rings is 1. The quantitative estimate of drug-likeness (QED) is 0.196. The summed E-state index contributed by atoms with van der Waals surface area (Å²) in [6, 6.07) is 4.17. The summed E-state index contributed by atoms with van der Waals surface area (Å²) in [4.78, 5) is 9.17. The molecule has 0 bridgehead atoms. The Balaban J connectivity index is 0.00000363. The van der Waals surface area contributed by atoms with Crippen LogP contribution in [0.4, 0.5) is 0 Å². The molecule has 2 heterocycles. The molecule has 0 aliphatic carbocycles. The molecule has 1 aliphatic rings. The molecule has 178 valence electrons. The van der Waals surface area contributed by atoms with Gasteiger partial charge in [-0.1, -0.05) is 19.0 Å². The minimum absolute atomic E-state index is 0. The molecule has 0 radical (unpaired) electrons. The van der Waals surface area contributed by atoms with Crippen molar-refractivity contribution in [2.45, 2.75) is 72.4 Å². The summed E-state index contributed by atoms with van der Waals surface area (Å²) in [6.07, 6.45) is 2.74. The van der Waals surface area contributed by atoms with Gasteiger partial charge in [0.15, 0.2) is 11.8 Å². The zero-order valence-corrected chi connectivity index (χ0v) is 22.1. The van der Waals surface area contributed by atoms with Crippen molar-refractivity contribution in [1.29, 1.82) is 0 Å². The van der Waals surface area contributed by atoms with E-state index in [2.05, 4.69) is 60.6 Å². The fraction of sp³-hybridized carbons (Fsp3) is 0.609. The third-order valence-electron chi connectivity index (χ3n) is 4.99. The van der Waals surface area contributed by atoms with E-state index in [0.717, 1.165) is 61.2 Å². The highest BCUT2D eigenvalue weighted by molar-refractivity contribution is 14.0. The summed E-state index contributed by atoms with van der Waals surface area (Å²) < 4.78 is 17.1. The Hall–Kier alpha value is -2.04. The van der Waals surface area contributed by atoms with Gasteiger partial charge in [0.05, 0.1) is 13.2 Å². The maximum absolute atomic E-state index is 5.92. The van der Waals surface area contributed by atoms with E-state index < -0.39 is 0 Å². The average molecular weight is 557 g/mol. The molecule has 1 aromatic heterocycles. The van der Waals surface area contributed by atoms with E-state index in [1.807, 2.05) is 6.92 Å². The number of nitrogens with one attached hydrogen (secondary N) is 2. The zero-order chi connectivity index (χ0) is 22.2. The lowest BCUT2D eigenvalue weighted by Gasteiger charge is -2.13. The van der Waals surface area contributed by atoms with Gasteiger partial charge in [-0.15, -0.1) is 24.0 Å². The van der Waals surface area contributed by atoms with E-state index in [1.54, 1.807) is 0 Å². The Morgan fingerprint density at radius 3 is 2.78 bits per heavy atom. The number of ether oxygens (including phenoxy) is 2. The largest absolute Gasteiger partial charge is 0.494 e. The van der Waals surface area contributed by atoms with Gasteiger partial charge < -0.3 is 24.6 Å². The highest BCUT2D eigenvalue weighted by atomic mass is 127. The van der Waals surface area contributed by atoms with Crippen molar-refractivity contribution in [2.75, 3.05) is 19.7 Å². The first-order valence-corrected chi connectivity index (χ1v) is 11.3. The second-order valence-corrected chi connectivity index (χ2v) is 8.06. The van der Waals surface area contributed by atoms with Crippen LogP contribution in [0, 0.1) is 0 Å². The van der Waals surface area contributed by atoms with Gasteiger partial charge in [-0.25, -0.2) is 4.99 Å². The summed E-state index contributed by atoms with van der Waals surface area (Å²) in [7, 11) is 0. The number of aromatic nitrogens is 2. The molecule has 3 rings (SSSR count). The average Bonchev–Trinajstić information content (AvgIpc) is 3.35. The number of nitrogens with zero attached hydrogens (tertiary/aromatic N) is 3. The van der Waals surface area contributed by atoms with Crippen molar-refractivity contribution >= 4 is 29.9 Å². The van der Waals surface area contributed by atoms with Crippen LogP contribution in [0.5, 0.6) is 11.5 Å². The Kier molecular flexibility index (Phi) is 10.5. The summed E-state index contributed by atoms with van der Waals surface area (Å²) in [5.41, 5.74) is 2.23. The van der Waals surface area contributed by atoms with Crippen LogP contribution in [-0.2, 0) is 19.4 Å². The molecule has 2 aromatic rings. The van der Waals surface area contributed by atoms with Crippen LogP contribution in [0.25, 0.3) is 0 Å². The molecule has 0 fully saturated rings. The topological polar surface area (TPSA) is 93.8 Å². The number of guanidine groups is 1. The van der Waals surface area contributed by atoms with Crippen LogP contribution < -0.4 is 20.1 Å². The van der Waals surface area contributed by atoms with E-state index in [9.17, 15) is 0 Å². The van der Waals surface area contributed by atoms with Gasteiger partial charge in [-0.2, -0.15) is 4.98 Å². The summed E-state index contributed by atoms with van der Waals surface area (Å²) >= 11 is 0. The SMILES string of the molecule is CCNC(=NCc1cc2c(cc1OCC)CC(C)O2)NCCCc1nc(C(C)C)no1.I. The van der Waals surface area contributed by atoms with Gasteiger partial charge in [0, 0.05) is 43.0 Å². The third-order valence-corrected chi connectivity index (χ3v) is 4.99. The number of aryl methyl sites for hydroxylation is 1. The molecular formula is C23H36IN5O3. The van der Waals surface area contributed by atoms with Crippen molar-refractivity contribution in [3.63, 3.8) is 0 Å². The Morgan fingerprint density at radius 2 is 2.09 bits per heavy atom. The lowest BCUT2D eigenvalue weighted by molar-refractivity contribution is 0.254. The minimum atomic E-state index is 0. The highest BCUT2D eigenvalue weighted by Crippen LogP contribution is 2.35. The molecule has 32 heavy (non-hydrogen) atoms. The second kappa shape index (κ2) is 12.9. The molecule has 0 saturated carbocycles. The highest BCUT2D eigenvalue weighted by Gasteiger charge is 2.21. The van der Waals surface area contributed by atoms with Crippen LogP contribution in [0.2, 0.25) is 0 Å². The first kappa shape index (κ1) is 26.2. The maximum Gasteiger partial charge on any atom is 0.226 e. The van der Waals surface area contributed by atoms with E-state index in [4.69, 9.17) is 19.0 Å².